The first-order chi connectivity index (χ1) is 10.7. The van der Waals surface area contributed by atoms with Crippen molar-refractivity contribution in [3.63, 3.8) is 0 Å². The maximum atomic E-state index is 13.0. The lowest BCUT2D eigenvalue weighted by atomic mass is 10.1. The molecule has 0 spiro atoms. The van der Waals surface area contributed by atoms with Crippen LogP contribution in [0.4, 0.5) is 0 Å². The van der Waals surface area contributed by atoms with Gasteiger partial charge in [0.15, 0.2) is 0 Å². The molecule has 23 heavy (non-hydrogen) atoms. The van der Waals surface area contributed by atoms with Gasteiger partial charge in [0.25, 0.3) is 0 Å². The number of nitrogens with one attached hydrogen (secondary N) is 1. The van der Waals surface area contributed by atoms with Gasteiger partial charge in [0.1, 0.15) is 0 Å². The van der Waals surface area contributed by atoms with Crippen LogP contribution in [0.15, 0.2) is 47.4 Å². The number of rotatable bonds is 6. The van der Waals surface area contributed by atoms with Gasteiger partial charge in [0.2, 0.25) is 16.3 Å². The third-order valence-electron chi connectivity index (χ3n) is 4.27. The highest BCUT2D eigenvalue weighted by Crippen LogP contribution is 2.23. The Morgan fingerprint density at radius 3 is 2.30 bits per heavy atom. The minimum Gasteiger partial charge on any atom is -0.300 e. The van der Waals surface area contributed by atoms with E-state index in [1.54, 1.807) is 12.1 Å². The van der Waals surface area contributed by atoms with E-state index in [2.05, 4.69) is 4.72 Å². The fraction of sp³-hybridized carbons (Fsp3) is 0.412. The zero-order chi connectivity index (χ0) is 17.3. The zero-order valence-corrected chi connectivity index (χ0v) is 15.3. The van der Waals surface area contributed by atoms with E-state index in [4.69, 9.17) is 0 Å². The monoisotopic (exact) mass is 336 g/mol. The first-order valence-electron chi connectivity index (χ1n) is 7.68. The Hall–Kier alpha value is -1.47. The molecule has 0 aromatic heterocycles. The van der Waals surface area contributed by atoms with E-state index in [1.807, 2.05) is 70.3 Å². The van der Waals surface area contributed by atoms with Crippen molar-refractivity contribution in [3.8, 4) is 0 Å². The van der Waals surface area contributed by atoms with Gasteiger partial charge in [-0.3, -0.25) is 4.48 Å². The average molecular weight is 336 g/mol. The summed E-state index contributed by atoms with van der Waals surface area (Å²) in [5.74, 6) is 0. The summed E-state index contributed by atoms with van der Waals surface area (Å²) < 4.78 is 29.3. The quantitative estimate of drug-likeness (QED) is 0.649. The summed E-state index contributed by atoms with van der Waals surface area (Å²) in [5, 5.41) is 1.66. The Bertz CT molecular complexity index is 780. The Morgan fingerprint density at radius 1 is 1.09 bits per heavy atom. The van der Waals surface area contributed by atoms with Gasteiger partial charge in [-0.2, -0.15) is 0 Å². The third kappa shape index (κ3) is 3.72. The lowest BCUT2D eigenvalue weighted by Gasteiger charge is -2.40. The van der Waals surface area contributed by atoms with Crippen LogP contribution >= 0.6 is 0 Å². The fourth-order valence-corrected chi connectivity index (χ4v) is 4.31. The Balaban J connectivity index is 2.48. The molecule has 0 aliphatic rings. The highest BCUT2D eigenvalue weighted by molar-refractivity contribution is 7.89. The molecule has 126 valence electrons. The van der Waals surface area contributed by atoms with Crippen molar-refractivity contribution in [1.82, 2.24) is 9.62 Å². The minimum absolute atomic E-state index is 0.318. The summed E-state index contributed by atoms with van der Waals surface area (Å²) in [6, 6.07) is 12.9. The van der Waals surface area contributed by atoms with E-state index in [0.717, 1.165) is 17.3 Å². The lowest BCUT2D eigenvalue weighted by Crippen LogP contribution is -2.63. The molecule has 0 aliphatic carbocycles. The molecule has 0 heterocycles. The van der Waals surface area contributed by atoms with E-state index in [9.17, 15) is 8.42 Å². The highest BCUT2D eigenvalue weighted by atomic mass is 32.2. The number of benzene rings is 2. The molecule has 1 N–H and O–H groups in total. The van der Waals surface area contributed by atoms with Crippen LogP contribution in [0.2, 0.25) is 0 Å². The number of quaternary nitrogens is 1. The van der Waals surface area contributed by atoms with Gasteiger partial charge in [-0.25, -0.2) is 13.3 Å². The van der Waals surface area contributed by atoms with E-state index in [1.165, 1.54) is 0 Å². The summed E-state index contributed by atoms with van der Waals surface area (Å²) in [6.45, 7) is 2.85. The van der Waals surface area contributed by atoms with Crippen molar-refractivity contribution >= 4 is 20.8 Å². The van der Waals surface area contributed by atoms with E-state index >= 15 is 0 Å². The number of hydrogen-bond acceptors (Lipinski definition) is 3. The normalized spacial score (nSPS) is 14.3. The summed E-state index contributed by atoms with van der Waals surface area (Å²) in [4.78, 5) is 2.21. The molecule has 6 heteroatoms. The second-order valence-electron chi connectivity index (χ2n) is 6.53. The molecule has 2 aromatic carbocycles. The predicted octanol–water partition coefficient (Wildman–Crippen LogP) is 2.06. The highest BCUT2D eigenvalue weighted by Gasteiger charge is 2.33. The molecule has 0 saturated carbocycles. The van der Waals surface area contributed by atoms with Gasteiger partial charge in [-0.1, -0.05) is 36.4 Å². The average Bonchev–Trinajstić information content (AvgIpc) is 2.51. The van der Waals surface area contributed by atoms with E-state index in [-0.39, 0.29) is 6.29 Å². The molecule has 5 nitrogen and oxygen atoms in total. The molecular weight excluding hydrogens is 310 g/mol. The van der Waals surface area contributed by atoms with Gasteiger partial charge in [-0.05, 0) is 32.5 Å². The van der Waals surface area contributed by atoms with Crippen molar-refractivity contribution in [3.05, 3.63) is 42.5 Å². The molecule has 0 bridgehead atoms. The molecule has 0 radical (unpaired) electrons. The molecule has 0 saturated heterocycles. The van der Waals surface area contributed by atoms with Crippen LogP contribution in [0.1, 0.15) is 6.92 Å². The number of sulfonamides is 1. The molecule has 0 aliphatic heterocycles. The summed E-state index contributed by atoms with van der Waals surface area (Å²) in [6.07, 6.45) is -0.344. The topological polar surface area (TPSA) is 49.4 Å². The van der Waals surface area contributed by atoms with Gasteiger partial charge in [-0.15, -0.1) is 4.72 Å². The van der Waals surface area contributed by atoms with Crippen LogP contribution < -0.4 is 4.72 Å². The first kappa shape index (κ1) is 17.9. The van der Waals surface area contributed by atoms with Gasteiger partial charge in [0, 0.05) is 5.39 Å². The predicted molar refractivity (Wildman–Crippen MR) is 94.4 cm³/mol. The molecule has 2 aromatic rings. The Morgan fingerprint density at radius 2 is 1.70 bits per heavy atom. The second-order valence-corrected chi connectivity index (χ2v) is 8.21. The number of hydrogen-bond donors (Lipinski definition) is 1. The van der Waals surface area contributed by atoms with Crippen molar-refractivity contribution in [2.45, 2.75) is 18.1 Å². The third-order valence-corrected chi connectivity index (χ3v) is 5.72. The second kappa shape index (κ2) is 6.57. The molecular formula is C17H26N3O2S+. The zero-order valence-electron chi connectivity index (χ0n) is 14.4. The molecule has 2 rings (SSSR count). The molecule has 0 unspecified atom stereocenters. The largest absolute Gasteiger partial charge is 0.300 e. The summed E-state index contributed by atoms with van der Waals surface area (Å²) >= 11 is 0. The standard InChI is InChI=1S/C17H26N3O2S/c1-6-20(4,5)17(19(2)3)18-23(21,22)16-13-9-11-14-10-7-8-12-15(14)16/h7-13,17-18H,6H2,1-5H3/q+1/t17-/m1/s1. The SMILES string of the molecule is CC[N+](C)(C)[C@H](NS(=O)(=O)c1cccc2ccccc12)N(C)C. The Labute approximate surface area is 139 Å². The molecule has 0 fully saturated rings. The molecule has 1 atom stereocenters. The van der Waals surface area contributed by atoms with E-state index < -0.39 is 10.0 Å². The summed E-state index contributed by atoms with van der Waals surface area (Å²) in [7, 11) is 4.15. The summed E-state index contributed by atoms with van der Waals surface area (Å²) in [5.41, 5.74) is 0. The minimum atomic E-state index is -3.63. The molecule has 0 amide bonds. The smallest absolute Gasteiger partial charge is 0.247 e. The van der Waals surface area contributed by atoms with Crippen LogP contribution in [0.3, 0.4) is 0 Å². The van der Waals surface area contributed by atoms with Crippen LogP contribution in [0.25, 0.3) is 10.8 Å². The van der Waals surface area contributed by atoms with Gasteiger partial charge in [0.05, 0.1) is 25.5 Å². The van der Waals surface area contributed by atoms with Crippen LogP contribution in [-0.2, 0) is 10.0 Å². The van der Waals surface area contributed by atoms with Crippen molar-refractivity contribution in [2.75, 3.05) is 34.7 Å². The van der Waals surface area contributed by atoms with Gasteiger partial charge < -0.3 is 0 Å². The number of nitrogens with zero attached hydrogens (tertiary/aromatic N) is 2. The van der Waals surface area contributed by atoms with Crippen molar-refractivity contribution < 1.29 is 12.9 Å². The van der Waals surface area contributed by atoms with Crippen LogP contribution in [0, 0.1) is 0 Å². The maximum absolute atomic E-state index is 13.0. The maximum Gasteiger partial charge on any atom is 0.247 e. The fourth-order valence-electron chi connectivity index (χ4n) is 2.68. The van der Waals surface area contributed by atoms with Crippen molar-refractivity contribution in [2.24, 2.45) is 0 Å². The van der Waals surface area contributed by atoms with Crippen LogP contribution in [0.5, 0.6) is 0 Å². The van der Waals surface area contributed by atoms with E-state index in [0.29, 0.717) is 9.38 Å². The van der Waals surface area contributed by atoms with Gasteiger partial charge >= 0.3 is 0 Å². The first-order valence-corrected chi connectivity index (χ1v) is 9.16. The van der Waals surface area contributed by atoms with Crippen molar-refractivity contribution in [1.29, 1.82) is 0 Å². The number of fused-ring (bicyclic) bond motifs is 1. The lowest BCUT2D eigenvalue weighted by molar-refractivity contribution is -0.926. The Kier molecular flexibility index (Phi) is 5.10. The van der Waals surface area contributed by atoms with Crippen LogP contribution in [-0.4, -0.2) is 58.8 Å².